The molecule has 0 aliphatic rings. The lowest BCUT2D eigenvalue weighted by Gasteiger charge is -2.24. The highest BCUT2D eigenvalue weighted by Crippen LogP contribution is 2.41. The van der Waals surface area contributed by atoms with E-state index in [1.165, 1.54) is 18.4 Å². The number of rotatable bonds is 11. The molecule has 188 valence electrons. The Kier molecular flexibility index (Phi) is 9.40. The average molecular weight is 518 g/mol. The summed E-state index contributed by atoms with van der Waals surface area (Å²) in [7, 11) is 3.02. The highest BCUT2D eigenvalue weighted by molar-refractivity contribution is 7.16. The SMILES string of the molecule is CCN(N)c1ccc(C(CC(=O)OC)c2cc(COCc3ccc(OC)cc3)c(Cl)s2)c(C)c1N. The Bertz CT molecular complexity index is 1150. The fourth-order valence-electron chi connectivity index (χ4n) is 3.84. The standard InChI is InChI=1S/C26H32ClN3O4S/c1-5-30(29)22-11-10-20(16(2)25(22)28)21(13-24(31)33-4)23-12-18(26(27)35-23)15-34-14-17-6-8-19(32-3)9-7-17/h6-12,21H,5,13-15,28-29H2,1-4H3. The van der Waals surface area contributed by atoms with Crippen LogP contribution in [0.3, 0.4) is 0 Å². The highest BCUT2D eigenvalue weighted by Gasteiger charge is 2.25. The van der Waals surface area contributed by atoms with Crippen molar-refractivity contribution >= 4 is 40.3 Å². The summed E-state index contributed by atoms with van der Waals surface area (Å²) in [6.07, 6.45) is 0.166. The zero-order valence-electron chi connectivity index (χ0n) is 20.5. The Morgan fingerprint density at radius 2 is 1.86 bits per heavy atom. The van der Waals surface area contributed by atoms with Gasteiger partial charge in [-0.2, -0.15) is 0 Å². The van der Waals surface area contributed by atoms with Gasteiger partial charge in [-0.3, -0.25) is 4.79 Å². The molecular formula is C26H32ClN3O4S. The zero-order chi connectivity index (χ0) is 25.5. The average Bonchev–Trinajstić information content (AvgIpc) is 3.24. The number of hydrogen-bond donors (Lipinski definition) is 2. The van der Waals surface area contributed by atoms with E-state index in [-0.39, 0.29) is 18.3 Å². The maximum Gasteiger partial charge on any atom is 0.306 e. The minimum atomic E-state index is -0.312. The van der Waals surface area contributed by atoms with Crippen LogP contribution in [0, 0.1) is 6.92 Å². The molecule has 0 radical (unpaired) electrons. The van der Waals surface area contributed by atoms with Crippen molar-refractivity contribution in [2.75, 3.05) is 31.5 Å². The molecule has 0 aliphatic heterocycles. The van der Waals surface area contributed by atoms with E-state index < -0.39 is 0 Å². The Morgan fingerprint density at radius 1 is 1.14 bits per heavy atom. The number of hydrogen-bond acceptors (Lipinski definition) is 8. The molecule has 0 spiro atoms. The van der Waals surface area contributed by atoms with Crippen LogP contribution in [-0.4, -0.2) is 26.7 Å². The Labute approximate surface area is 215 Å². The predicted molar refractivity (Wildman–Crippen MR) is 142 cm³/mol. The maximum atomic E-state index is 12.3. The first-order valence-electron chi connectivity index (χ1n) is 11.3. The van der Waals surface area contributed by atoms with Crippen LogP contribution in [-0.2, 0) is 27.5 Å². The number of nitrogen functional groups attached to an aromatic ring is 1. The molecule has 1 atom stereocenters. The van der Waals surface area contributed by atoms with Crippen molar-refractivity contribution in [2.24, 2.45) is 5.84 Å². The van der Waals surface area contributed by atoms with Gasteiger partial charge < -0.3 is 25.0 Å². The summed E-state index contributed by atoms with van der Waals surface area (Å²) in [5.41, 5.74) is 11.5. The minimum Gasteiger partial charge on any atom is -0.497 e. The lowest BCUT2D eigenvalue weighted by molar-refractivity contribution is -0.140. The van der Waals surface area contributed by atoms with Crippen LogP contribution in [0.1, 0.15) is 46.4 Å². The van der Waals surface area contributed by atoms with Crippen molar-refractivity contribution in [1.82, 2.24) is 0 Å². The number of carbonyl (C=O) groups excluding carboxylic acids is 1. The van der Waals surface area contributed by atoms with Crippen molar-refractivity contribution in [2.45, 2.75) is 39.4 Å². The molecule has 35 heavy (non-hydrogen) atoms. The molecule has 3 aromatic rings. The normalized spacial score (nSPS) is 11.8. The van der Waals surface area contributed by atoms with Gasteiger partial charge in [-0.25, -0.2) is 5.84 Å². The van der Waals surface area contributed by atoms with E-state index in [1.54, 1.807) is 12.1 Å². The fourth-order valence-corrected chi connectivity index (χ4v) is 5.23. The Morgan fingerprint density at radius 3 is 2.49 bits per heavy atom. The molecule has 4 N–H and O–H groups in total. The minimum absolute atomic E-state index is 0.166. The predicted octanol–water partition coefficient (Wildman–Crippen LogP) is 5.41. The summed E-state index contributed by atoms with van der Waals surface area (Å²) in [5, 5.41) is 1.60. The van der Waals surface area contributed by atoms with E-state index in [0.29, 0.717) is 29.8 Å². The number of benzene rings is 2. The molecule has 1 unspecified atom stereocenters. The number of anilines is 2. The summed E-state index contributed by atoms with van der Waals surface area (Å²) < 4.78 is 16.7. The van der Waals surface area contributed by atoms with Crippen LogP contribution in [0.5, 0.6) is 5.75 Å². The van der Waals surface area contributed by atoms with Gasteiger partial charge in [0.2, 0.25) is 0 Å². The first kappa shape index (κ1) is 26.8. The molecule has 0 amide bonds. The molecule has 9 heteroatoms. The largest absolute Gasteiger partial charge is 0.497 e. The molecule has 0 bridgehead atoms. The molecule has 3 rings (SSSR count). The molecule has 1 aromatic heterocycles. The Balaban J connectivity index is 1.84. The topological polar surface area (TPSA) is 100 Å². The number of nitrogens with zero attached hydrogens (tertiary/aromatic N) is 1. The molecule has 0 fully saturated rings. The molecule has 1 heterocycles. The molecule has 2 aromatic carbocycles. The van der Waals surface area contributed by atoms with Gasteiger partial charge in [-0.15, -0.1) is 11.3 Å². The van der Waals surface area contributed by atoms with Crippen molar-refractivity contribution in [1.29, 1.82) is 0 Å². The summed E-state index contributed by atoms with van der Waals surface area (Å²) in [6.45, 7) is 5.31. The monoisotopic (exact) mass is 517 g/mol. The molecular weight excluding hydrogens is 486 g/mol. The van der Waals surface area contributed by atoms with Crippen LogP contribution in [0.4, 0.5) is 11.4 Å². The van der Waals surface area contributed by atoms with Crippen LogP contribution in [0.2, 0.25) is 4.34 Å². The van der Waals surface area contributed by atoms with Crippen molar-refractivity contribution in [3.05, 3.63) is 73.9 Å². The second-order valence-electron chi connectivity index (χ2n) is 8.12. The summed E-state index contributed by atoms with van der Waals surface area (Å²) in [4.78, 5) is 13.3. The van der Waals surface area contributed by atoms with Gasteiger partial charge in [0.05, 0.1) is 49.6 Å². The second-order valence-corrected chi connectivity index (χ2v) is 9.81. The smallest absolute Gasteiger partial charge is 0.306 e. The summed E-state index contributed by atoms with van der Waals surface area (Å²) in [6, 6.07) is 13.6. The number of nitrogens with two attached hydrogens (primary N) is 2. The fraction of sp³-hybridized carbons (Fsp3) is 0.346. The van der Waals surface area contributed by atoms with E-state index in [1.807, 2.05) is 56.3 Å². The van der Waals surface area contributed by atoms with Crippen molar-refractivity contribution in [3.63, 3.8) is 0 Å². The summed E-state index contributed by atoms with van der Waals surface area (Å²) in [5.74, 6) is 6.30. The van der Waals surface area contributed by atoms with Crippen molar-refractivity contribution in [3.8, 4) is 5.75 Å². The number of halogens is 1. The van der Waals surface area contributed by atoms with Gasteiger partial charge >= 0.3 is 5.97 Å². The number of methoxy groups -OCH3 is 2. The first-order chi connectivity index (χ1) is 16.8. The van der Waals surface area contributed by atoms with E-state index in [4.69, 9.17) is 37.4 Å². The van der Waals surface area contributed by atoms with Gasteiger partial charge in [0.1, 0.15) is 5.75 Å². The third kappa shape index (κ3) is 6.46. The van der Waals surface area contributed by atoms with Gasteiger partial charge in [0.25, 0.3) is 0 Å². The van der Waals surface area contributed by atoms with Crippen LogP contribution < -0.4 is 21.3 Å². The molecule has 0 saturated heterocycles. The van der Waals surface area contributed by atoms with Crippen LogP contribution >= 0.6 is 22.9 Å². The quantitative estimate of drug-likeness (QED) is 0.152. The number of hydrazine groups is 1. The Hall–Kier alpha value is -2.78. The molecule has 7 nitrogen and oxygen atoms in total. The van der Waals surface area contributed by atoms with E-state index in [2.05, 4.69) is 0 Å². The van der Waals surface area contributed by atoms with E-state index in [0.717, 1.165) is 38.6 Å². The molecule has 0 aliphatic carbocycles. The van der Waals surface area contributed by atoms with Gasteiger partial charge in [-0.1, -0.05) is 29.8 Å². The third-order valence-electron chi connectivity index (χ3n) is 5.96. The third-order valence-corrected chi connectivity index (χ3v) is 7.52. The second kappa shape index (κ2) is 12.3. The van der Waals surface area contributed by atoms with Gasteiger partial charge in [0, 0.05) is 22.9 Å². The van der Waals surface area contributed by atoms with E-state index in [9.17, 15) is 4.79 Å². The zero-order valence-corrected chi connectivity index (χ0v) is 22.0. The van der Waals surface area contributed by atoms with Crippen molar-refractivity contribution < 1.29 is 19.0 Å². The molecule has 0 saturated carbocycles. The number of thiophene rings is 1. The first-order valence-corrected chi connectivity index (χ1v) is 12.4. The number of ether oxygens (including phenoxy) is 3. The van der Waals surface area contributed by atoms with Crippen LogP contribution in [0.15, 0.2) is 42.5 Å². The van der Waals surface area contributed by atoms with Gasteiger partial charge in [-0.05, 0) is 54.8 Å². The number of carbonyl (C=O) groups is 1. The lowest BCUT2D eigenvalue weighted by atomic mass is 9.89. The van der Waals surface area contributed by atoms with Crippen LogP contribution in [0.25, 0.3) is 0 Å². The number of esters is 1. The van der Waals surface area contributed by atoms with E-state index >= 15 is 0 Å². The lowest BCUT2D eigenvalue weighted by Crippen LogP contribution is -2.31. The van der Waals surface area contributed by atoms with Gasteiger partial charge in [0.15, 0.2) is 0 Å². The maximum absolute atomic E-state index is 12.3. The summed E-state index contributed by atoms with van der Waals surface area (Å²) >= 11 is 8.02. The highest BCUT2D eigenvalue weighted by atomic mass is 35.5.